The van der Waals surface area contributed by atoms with Crippen LogP contribution < -0.4 is 10.1 Å². The molecule has 1 aliphatic carbocycles. The zero-order valence-corrected chi connectivity index (χ0v) is 20.4. The Hall–Kier alpha value is -3.82. The van der Waals surface area contributed by atoms with Crippen molar-refractivity contribution in [2.24, 2.45) is 5.41 Å². The summed E-state index contributed by atoms with van der Waals surface area (Å²) < 4.78 is 14.8. The topological polar surface area (TPSA) is 98.3 Å². The molecule has 6 rings (SSSR count). The first-order chi connectivity index (χ1) is 16.7. The molecule has 0 unspecified atom stereocenters. The number of hydrogen-bond acceptors (Lipinski definition) is 7. The summed E-state index contributed by atoms with van der Waals surface area (Å²) in [7, 11) is 1.63. The lowest BCUT2D eigenvalue weighted by molar-refractivity contribution is -0.0739. The Balaban J connectivity index is 1.15. The highest BCUT2D eigenvalue weighted by Gasteiger charge is 2.54. The largest absolute Gasteiger partial charge is 0.479 e. The van der Waals surface area contributed by atoms with Gasteiger partial charge in [0, 0.05) is 48.7 Å². The van der Waals surface area contributed by atoms with Gasteiger partial charge >= 0.3 is 6.09 Å². The van der Waals surface area contributed by atoms with Crippen molar-refractivity contribution in [1.82, 2.24) is 29.1 Å². The van der Waals surface area contributed by atoms with Gasteiger partial charge in [-0.2, -0.15) is 10.1 Å². The van der Waals surface area contributed by atoms with E-state index in [-0.39, 0.29) is 17.6 Å². The molecule has 0 atom stereocenters. The van der Waals surface area contributed by atoms with Crippen molar-refractivity contribution in [1.29, 1.82) is 0 Å². The number of carbonyl (C=O) groups is 1. The molecular formula is C25H29N7O3. The lowest BCUT2D eigenvalue weighted by Crippen LogP contribution is -2.66. The fraction of sp³-hybridized carbons (Fsp3) is 0.440. The molecule has 1 N–H and O–H groups in total. The van der Waals surface area contributed by atoms with Crippen LogP contribution in [-0.2, 0) is 4.74 Å². The van der Waals surface area contributed by atoms with E-state index in [1.807, 2.05) is 60.4 Å². The fourth-order valence-electron chi connectivity index (χ4n) is 5.27. The Kier molecular flexibility index (Phi) is 4.71. The van der Waals surface area contributed by atoms with Gasteiger partial charge in [0.25, 0.3) is 0 Å². The maximum absolute atomic E-state index is 12.2. The van der Waals surface area contributed by atoms with Crippen molar-refractivity contribution >= 4 is 23.1 Å². The summed E-state index contributed by atoms with van der Waals surface area (Å²) in [6.07, 6.45) is 7.36. The Bertz CT molecular complexity index is 1420. The summed E-state index contributed by atoms with van der Waals surface area (Å²) in [4.78, 5) is 18.7. The quantitative estimate of drug-likeness (QED) is 0.478. The first-order valence-corrected chi connectivity index (χ1v) is 11.8. The van der Waals surface area contributed by atoms with Crippen LogP contribution >= 0.6 is 0 Å². The number of methoxy groups -OCH3 is 1. The molecule has 2 fully saturated rings. The molecule has 0 aromatic carbocycles. The molecule has 35 heavy (non-hydrogen) atoms. The van der Waals surface area contributed by atoms with E-state index in [2.05, 4.69) is 21.5 Å². The second kappa shape index (κ2) is 7.59. The van der Waals surface area contributed by atoms with E-state index in [4.69, 9.17) is 14.6 Å². The normalized spacial score (nSPS) is 17.4. The first-order valence-electron chi connectivity index (χ1n) is 11.8. The molecule has 1 aliphatic heterocycles. The van der Waals surface area contributed by atoms with Crippen LogP contribution in [0.5, 0.6) is 5.88 Å². The van der Waals surface area contributed by atoms with E-state index < -0.39 is 5.60 Å². The van der Waals surface area contributed by atoms with Crippen molar-refractivity contribution in [3.05, 3.63) is 42.9 Å². The number of carbonyl (C=O) groups excluding carboxylic acids is 1. The van der Waals surface area contributed by atoms with Gasteiger partial charge < -0.3 is 19.7 Å². The summed E-state index contributed by atoms with van der Waals surface area (Å²) in [5.41, 5.74) is 3.58. The van der Waals surface area contributed by atoms with Gasteiger partial charge in [-0.05, 0) is 63.4 Å². The Morgan fingerprint density at radius 1 is 1.14 bits per heavy atom. The second-order valence-corrected chi connectivity index (χ2v) is 10.7. The van der Waals surface area contributed by atoms with Crippen LogP contribution in [0, 0.1) is 5.41 Å². The lowest BCUT2D eigenvalue weighted by Gasteiger charge is -2.58. The van der Waals surface area contributed by atoms with Crippen molar-refractivity contribution in [2.45, 2.75) is 45.3 Å². The van der Waals surface area contributed by atoms with E-state index in [0.29, 0.717) is 11.8 Å². The highest BCUT2D eigenvalue weighted by Crippen LogP contribution is 2.49. The third-order valence-corrected chi connectivity index (χ3v) is 6.78. The molecule has 4 aromatic rings. The van der Waals surface area contributed by atoms with E-state index >= 15 is 0 Å². The molecule has 5 heterocycles. The van der Waals surface area contributed by atoms with Gasteiger partial charge in [0.15, 0.2) is 0 Å². The van der Waals surface area contributed by atoms with Crippen molar-refractivity contribution < 1.29 is 14.3 Å². The third-order valence-electron chi connectivity index (χ3n) is 6.78. The fourth-order valence-corrected chi connectivity index (χ4v) is 5.27. The molecule has 0 bridgehead atoms. The summed E-state index contributed by atoms with van der Waals surface area (Å²) in [6.45, 7) is 7.15. The van der Waals surface area contributed by atoms with E-state index in [9.17, 15) is 4.79 Å². The smallest absolute Gasteiger partial charge is 0.410 e. The number of likely N-dealkylation sites (tertiary alicyclic amines) is 1. The first kappa shape index (κ1) is 21.7. The van der Waals surface area contributed by atoms with Crippen LogP contribution in [0.1, 0.15) is 33.6 Å². The highest BCUT2D eigenvalue weighted by molar-refractivity contribution is 5.85. The van der Waals surface area contributed by atoms with E-state index in [1.165, 1.54) is 0 Å². The van der Waals surface area contributed by atoms with Crippen LogP contribution in [-0.4, -0.2) is 67.0 Å². The monoisotopic (exact) mass is 475 g/mol. The number of anilines is 1. The summed E-state index contributed by atoms with van der Waals surface area (Å²) in [5, 5.41) is 12.4. The molecule has 4 aromatic heterocycles. The molecule has 1 spiro atoms. The number of amides is 1. The summed E-state index contributed by atoms with van der Waals surface area (Å²) in [6, 6.07) is 8.36. The number of pyridine rings is 1. The minimum absolute atomic E-state index is 0.176. The summed E-state index contributed by atoms with van der Waals surface area (Å²) >= 11 is 0. The minimum Gasteiger partial charge on any atom is -0.479 e. The number of nitrogens with one attached hydrogen (secondary N) is 1. The molecule has 2 aliphatic rings. The van der Waals surface area contributed by atoms with Crippen LogP contribution in [0.2, 0.25) is 0 Å². The van der Waals surface area contributed by atoms with Gasteiger partial charge in [0.2, 0.25) is 11.8 Å². The van der Waals surface area contributed by atoms with E-state index in [1.54, 1.807) is 18.2 Å². The average molecular weight is 476 g/mol. The maximum Gasteiger partial charge on any atom is 0.410 e. The number of rotatable bonds is 4. The number of aromatic nitrogens is 5. The minimum atomic E-state index is -0.469. The predicted molar refractivity (Wildman–Crippen MR) is 131 cm³/mol. The Labute approximate surface area is 202 Å². The van der Waals surface area contributed by atoms with Gasteiger partial charge in [-0.1, -0.05) is 0 Å². The molecule has 1 amide bonds. The molecular weight excluding hydrogens is 446 g/mol. The van der Waals surface area contributed by atoms with Gasteiger partial charge in [-0.15, -0.1) is 5.10 Å². The zero-order chi connectivity index (χ0) is 24.4. The van der Waals surface area contributed by atoms with Crippen LogP contribution in [0.3, 0.4) is 0 Å². The maximum atomic E-state index is 12.2. The van der Waals surface area contributed by atoms with Crippen LogP contribution in [0.25, 0.3) is 22.2 Å². The molecule has 10 nitrogen and oxygen atoms in total. The summed E-state index contributed by atoms with van der Waals surface area (Å²) in [5.74, 6) is 1.05. The predicted octanol–water partition coefficient (Wildman–Crippen LogP) is 3.86. The van der Waals surface area contributed by atoms with Gasteiger partial charge in [-0.25, -0.2) is 13.8 Å². The number of fused-ring (bicyclic) bond motifs is 2. The zero-order valence-electron chi connectivity index (χ0n) is 20.4. The van der Waals surface area contributed by atoms with Gasteiger partial charge in [0.05, 0.1) is 12.6 Å². The molecule has 0 radical (unpaired) electrons. The van der Waals surface area contributed by atoms with E-state index in [0.717, 1.165) is 48.1 Å². The van der Waals surface area contributed by atoms with Gasteiger partial charge in [0.1, 0.15) is 11.1 Å². The lowest BCUT2D eigenvalue weighted by atomic mass is 9.61. The van der Waals surface area contributed by atoms with Crippen LogP contribution in [0.4, 0.5) is 10.7 Å². The second-order valence-electron chi connectivity index (χ2n) is 10.7. The molecule has 1 saturated heterocycles. The standard InChI is InChI=1S/C25H29N7O3/c1-24(2,3)35-23(33)30-14-25(15-30)12-17(13-25)27-22-28-21(34-4)20-19(7-10-32(20)29-22)16-6-9-31-18(11-16)5-8-26-31/h5-11,17H,12-15H2,1-4H3,(H,27,29). The van der Waals surface area contributed by atoms with Gasteiger partial charge in [-0.3, -0.25) is 0 Å². The average Bonchev–Trinajstić information content (AvgIpc) is 3.38. The van der Waals surface area contributed by atoms with Crippen LogP contribution in [0.15, 0.2) is 42.9 Å². The van der Waals surface area contributed by atoms with Crippen molar-refractivity contribution in [3.63, 3.8) is 0 Å². The molecule has 10 heteroatoms. The highest BCUT2D eigenvalue weighted by atomic mass is 16.6. The van der Waals surface area contributed by atoms with Crippen molar-refractivity contribution in [2.75, 3.05) is 25.5 Å². The number of ether oxygens (including phenoxy) is 2. The Morgan fingerprint density at radius 3 is 2.66 bits per heavy atom. The SMILES string of the molecule is COc1nc(NC2CC3(C2)CN(C(=O)OC(C)(C)C)C3)nn2ccc(-c3ccn4nccc4c3)c12. The third kappa shape index (κ3) is 3.82. The van der Waals surface area contributed by atoms with Crippen molar-refractivity contribution in [3.8, 4) is 17.0 Å². The molecule has 182 valence electrons. The number of hydrogen-bond donors (Lipinski definition) is 1. The number of nitrogens with zero attached hydrogens (tertiary/aromatic N) is 6. The Morgan fingerprint density at radius 2 is 1.91 bits per heavy atom. The molecule has 1 saturated carbocycles.